The lowest BCUT2D eigenvalue weighted by atomic mass is 10.2. The van der Waals surface area contributed by atoms with E-state index in [1.807, 2.05) is 30.4 Å². The van der Waals surface area contributed by atoms with Gasteiger partial charge in [-0.05, 0) is 86.5 Å². The van der Waals surface area contributed by atoms with Crippen molar-refractivity contribution < 1.29 is 0 Å². The summed E-state index contributed by atoms with van der Waals surface area (Å²) in [6.07, 6.45) is 9.70. The van der Waals surface area contributed by atoms with Crippen LogP contribution in [0.3, 0.4) is 0 Å². The van der Waals surface area contributed by atoms with Gasteiger partial charge in [-0.1, -0.05) is 0 Å². The molecule has 0 fully saturated rings. The summed E-state index contributed by atoms with van der Waals surface area (Å²) in [4.78, 5) is 10.9. The first-order valence-electron chi connectivity index (χ1n) is 6.38. The van der Waals surface area contributed by atoms with Gasteiger partial charge in [-0.25, -0.2) is 9.97 Å². The topological polar surface area (TPSA) is 25.8 Å². The van der Waals surface area contributed by atoms with Crippen molar-refractivity contribution in [2.24, 2.45) is 0 Å². The Morgan fingerprint density at radius 1 is 0.727 bits per heavy atom. The predicted octanol–water partition coefficient (Wildman–Crippen LogP) is 6.47. The van der Waals surface area contributed by atoms with Gasteiger partial charge >= 0.3 is 0 Å². The van der Waals surface area contributed by atoms with Crippen molar-refractivity contribution in [3.8, 4) is 0 Å². The van der Waals surface area contributed by atoms with Gasteiger partial charge in [0.15, 0.2) is 0 Å². The molecule has 2 nitrogen and oxygen atoms in total. The molecule has 0 aromatic carbocycles. The number of aromatic nitrogens is 2. The van der Waals surface area contributed by atoms with Crippen molar-refractivity contribution in [2.75, 3.05) is 0 Å². The van der Waals surface area contributed by atoms with Crippen LogP contribution in [-0.4, -0.2) is 9.97 Å². The van der Waals surface area contributed by atoms with Gasteiger partial charge < -0.3 is 0 Å². The van der Waals surface area contributed by atoms with Crippen LogP contribution in [-0.2, 0) is 0 Å². The molecule has 0 bridgehead atoms. The van der Waals surface area contributed by atoms with Crippen molar-refractivity contribution in [1.82, 2.24) is 9.97 Å². The molecular weight excluding hydrogens is 444 g/mol. The summed E-state index contributed by atoms with van der Waals surface area (Å²) in [5, 5.41) is 0. The molecule has 0 N–H and O–H groups in total. The fraction of sp³-hybridized carbons (Fsp3) is 0. The van der Waals surface area contributed by atoms with Crippen molar-refractivity contribution >= 4 is 78.8 Å². The molecule has 0 unspecified atom stereocenters. The van der Waals surface area contributed by atoms with Crippen LogP contribution in [0.25, 0.3) is 24.3 Å². The van der Waals surface area contributed by atoms with Gasteiger partial charge in [-0.2, -0.15) is 0 Å². The third-order valence-electron chi connectivity index (χ3n) is 2.73. The number of thiophene rings is 2. The van der Waals surface area contributed by atoms with Gasteiger partial charge in [0.2, 0.25) is 0 Å². The maximum atomic E-state index is 4.28. The molecule has 0 radical (unpaired) electrons. The fourth-order valence-corrected chi connectivity index (χ4v) is 4.39. The Hall–Kier alpha value is -1.08. The Balaban J connectivity index is 1.74. The van der Waals surface area contributed by atoms with E-state index in [2.05, 4.69) is 66.1 Å². The lowest BCUT2D eigenvalue weighted by Gasteiger charge is -1.95. The molecule has 0 aliphatic heterocycles. The summed E-state index contributed by atoms with van der Waals surface area (Å²) in [6.45, 7) is 0. The van der Waals surface area contributed by atoms with E-state index in [1.165, 1.54) is 9.75 Å². The SMILES string of the molecule is Brc1ccc(/C=C/c2cc(/C=C/c3ccc(Br)s3)ncn2)s1. The Labute approximate surface area is 153 Å². The molecule has 0 aliphatic carbocycles. The van der Waals surface area contributed by atoms with E-state index in [4.69, 9.17) is 0 Å². The van der Waals surface area contributed by atoms with Crippen LogP contribution in [0.15, 0.2) is 44.2 Å². The largest absolute Gasteiger partial charge is 0.237 e. The van der Waals surface area contributed by atoms with E-state index in [9.17, 15) is 0 Å². The molecule has 3 heterocycles. The summed E-state index contributed by atoms with van der Waals surface area (Å²) in [7, 11) is 0. The van der Waals surface area contributed by atoms with Gasteiger partial charge in [0.1, 0.15) is 6.33 Å². The number of nitrogens with zero attached hydrogens (tertiary/aromatic N) is 2. The normalized spacial score (nSPS) is 11.7. The van der Waals surface area contributed by atoms with E-state index in [0.717, 1.165) is 19.0 Å². The van der Waals surface area contributed by atoms with Crippen molar-refractivity contribution in [2.45, 2.75) is 0 Å². The molecule has 22 heavy (non-hydrogen) atoms. The molecule has 3 aromatic rings. The van der Waals surface area contributed by atoms with Crippen molar-refractivity contribution in [1.29, 1.82) is 0 Å². The Morgan fingerprint density at radius 2 is 1.23 bits per heavy atom. The number of hydrogen-bond acceptors (Lipinski definition) is 4. The second-order valence-corrected chi connectivity index (χ2v) is 9.31. The molecular formula is C16H10Br2N2S2. The average molecular weight is 454 g/mol. The number of halogens is 2. The summed E-state index contributed by atoms with van der Waals surface area (Å²) < 4.78 is 2.25. The van der Waals surface area contributed by atoms with Crippen molar-refractivity contribution in [3.05, 3.63) is 65.4 Å². The van der Waals surface area contributed by atoms with Gasteiger partial charge in [0.25, 0.3) is 0 Å². The van der Waals surface area contributed by atoms with E-state index >= 15 is 0 Å². The Morgan fingerprint density at radius 3 is 1.64 bits per heavy atom. The van der Waals surface area contributed by atoms with Gasteiger partial charge in [0.05, 0.1) is 19.0 Å². The van der Waals surface area contributed by atoms with Crippen LogP contribution in [0.2, 0.25) is 0 Å². The molecule has 110 valence electrons. The maximum absolute atomic E-state index is 4.28. The Bertz CT molecular complexity index is 769. The van der Waals surface area contributed by atoms with E-state index in [-0.39, 0.29) is 0 Å². The van der Waals surface area contributed by atoms with E-state index in [1.54, 1.807) is 29.0 Å². The van der Waals surface area contributed by atoms with Crippen LogP contribution in [0.1, 0.15) is 21.1 Å². The van der Waals surface area contributed by atoms with Crippen molar-refractivity contribution in [3.63, 3.8) is 0 Å². The highest BCUT2D eigenvalue weighted by Crippen LogP contribution is 2.24. The zero-order chi connectivity index (χ0) is 15.4. The predicted molar refractivity (Wildman–Crippen MR) is 104 cm³/mol. The molecule has 0 saturated heterocycles. The number of hydrogen-bond donors (Lipinski definition) is 0. The molecule has 6 heteroatoms. The standard InChI is InChI=1S/C16H10Br2N2S2/c17-15-7-5-13(21-15)3-1-11-9-12(20-10-19-11)2-4-14-6-8-16(18)22-14/h1-10H/b3-1+,4-2+. The molecule has 0 amide bonds. The third-order valence-corrected chi connectivity index (χ3v) is 5.91. The monoisotopic (exact) mass is 452 g/mol. The first-order chi connectivity index (χ1) is 10.7. The molecule has 0 aliphatic rings. The van der Waals surface area contributed by atoms with Gasteiger partial charge in [-0.15, -0.1) is 22.7 Å². The highest BCUT2D eigenvalue weighted by molar-refractivity contribution is 9.11. The van der Waals surface area contributed by atoms with Crippen LogP contribution >= 0.6 is 54.5 Å². The average Bonchev–Trinajstić information content (AvgIpc) is 3.12. The summed E-state index contributed by atoms with van der Waals surface area (Å²) >= 11 is 10.3. The molecule has 0 saturated carbocycles. The van der Waals surface area contributed by atoms with E-state index in [0.29, 0.717) is 0 Å². The first-order valence-corrected chi connectivity index (χ1v) is 9.60. The van der Waals surface area contributed by atoms with Gasteiger partial charge in [-0.3, -0.25) is 0 Å². The minimum Gasteiger partial charge on any atom is -0.237 e. The first kappa shape index (κ1) is 15.8. The minimum absolute atomic E-state index is 0.895. The maximum Gasteiger partial charge on any atom is 0.116 e. The summed E-state index contributed by atoms with van der Waals surface area (Å²) in [6, 6.07) is 10.2. The second kappa shape index (κ2) is 7.46. The molecule has 0 atom stereocenters. The highest BCUT2D eigenvalue weighted by Gasteiger charge is 1.96. The molecule has 3 aromatic heterocycles. The highest BCUT2D eigenvalue weighted by atomic mass is 79.9. The molecule has 0 spiro atoms. The van der Waals surface area contributed by atoms with Crippen LogP contribution < -0.4 is 0 Å². The zero-order valence-electron chi connectivity index (χ0n) is 11.2. The zero-order valence-corrected chi connectivity index (χ0v) is 16.0. The fourth-order valence-electron chi connectivity index (χ4n) is 1.74. The summed E-state index contributed by atoms with van der Waals surface area (Å²) in [5.74, 6) is 0. The smallest absolute Gasteiger partial charge is 0.116 e. The van der Waals surface area contributed by atoms with Crippen LogP contribution in [0.5, 0.6) is 0 Å². The minimum atomic E-state index is 0.895. The van der Waals surface area contributed by atoms with Crippen LogP contribution in [0, 0.1) is 0 Å². The quantitative estimate of drug-likeness (QED) is 0.452. The second-order valence-electron chi connectivity index (χ2n) is 4.32. The van der Waals surface area contributed by atoms with E-state index < -0.39 is 0 Å². The number of rotatable bonds is 4. The lowest BCUT2D eigenvalue weighted by Crippen LogP contribution is -1.86. The lowest BCUT2D eigenvalue weighted by molar-refractivity contribution is 1.14. The molecule has 3 rings (SSSR count). The van der Waals surface area contributed by atoms with Gasteiger partial charge in [0, 0.05) is 9.75 Å². The van der Waals surface area contributed by atoms with Crippen LogP contribution in [0.4, 0.5) is 0 Å². The third kappa shape index (κ3) is 4.46. The summed E-state index contributed by atoms with van der Waals surface area (Å²) in [5.41, 5.74) is 1.79. The Kier molecular flexibility index (Phi) is 5.36.